The Morgan fingerprint density at radius 2 is 2.11 bits per heavy atom. The monoisotopic (exact) mass is 283 g/mol. The van der Waals surface area contributed by atoms with Crippen LogP contribution in [0.2, 0.25) is 0 Å². The lowest BCUT2D eigenvalue weighted by Crippen LogP contribution is -2.52. The van der Waals surface area contributed by atoms with Gasteiger partial charge in [-0.25, -0.2) is 4.79 Å². The number of furan rings is 1. The molecule has 1 aromatic rings. The van der Waals surface area contributed by atoms with Gasteiger partial charge >= 0.3 is 5.97 Å². The normalized spacial score (nSPS) is 17.3. The van der Waals surface area contributed by atoms with Crippen molar-refractivity contribution in [1.29, 1.82) is 0 Å². The molecule has 2 rings (SSSR count). The quantitative estimate of drug-likeness (QED) is 0.866. The van der Waals surface area contributed by atoms with Crippen LogP contribution in [0.15, 0.2) is 16.5 Å². The maximum atomic E-state index is 12.1. The molecule has 0 radical (unpaired) electrons. The van der Waals surface area contributed by atoms with E-state index in [1.165, 1.54) is 0 Å². The number of nitrogens with one attached hydrogen (secondary N) is 1. The predicted octanol–water partition coefficient (Wildman–Crippen LogP) is 2.27. The molecule has 1 aromatic heterocycles. The van der Waals surface area contributed by atoms with E-state index in [4.69, 9.17) is 4.42 Å². The lowest BCUT2D eigenvalue weighted by Gasteiger charge is -2.24. The van der Waals surface area contributed by atoms with Gasteiger partial charge in [0.25, 0.3) is 5.91 Å². The second-order valence-electron chi connectivity index (χ2n) is 4.75. The van der Waals surface area contributed by atoms with Crippen LogP contribution in [-0.2, 0) is 10.5 Å². The average molecular weight is 283 g/mol. The van der Waals surface area contributed by atoms with E-state index in [2.05, 4.69) is 5.32 Å². The smallest absolute Gasteiger partial charge is 0.329 e. The molecule has 1 aliphatic carbocycles. The maximum Gasteiger partial charge on any atom is 0.329 e. The molecule has 104 valence electrons. The van der Waals surface area contributed by atoms with Gasteiger partial charge in [0.1, 0.15) is 11.3 Å². The topological polar surface area (TPSA) is 79.5 Å². The molecule has 0 unspecified atom stereocenters. The van der Waals surface area contributed by atoms with Crippen molar-refractivity contribution in [2.75, 3.05) is 6.26 Å². The average Bonchev–Trinajstić information content (AvgIpc) is 2.99. The van der Waals surface area contributed by atoms with Crippen LogP contribution in [-0.4, -0.2) is 28.8 Å². The lowest BCUT2D eigenvalue weighted by molar-refractivity contribution is -0.144. The molecular formula is C13H17NO4S. The summed E-state index contributed by atoms with van der Waals surface area (Å²) >= 11 is 1.60. The highest BCUT2D eigenvalue weighted by Crippen LogP contribution is 2.30. The Morgan fingerprint density at radius 1 is 1.42 bits per heavy atom. The first-order chi connectivity index (χ1) is 9.07. The zero-order chi connectivity index (χ0) is 13.9. The third-order valence-corrected chi connectivity index (χ3v) is 3.96. The number of rotatable bonds is 5. The van der Waals surface area contributed by atoms with Gasteiger partial charge in [0, 0.05) is 0 Å². The Morgan fingerprint density at radius 3 is 2.68 bits per heavy atom. The summed E-state index contributed by atoms with van der Waals surface area (Å²) in [5, 5.41) is 11.9. The molecule has 19 heavy (non-hydrogen) atoms. The van der Waals surface area contributed by atoms with Crippen LogP contribution in [0.25, 0.3) is 0 Å². The Labute approximate surface area is 115 Å². The lowest BCUT2D eigenvalue weighted by atomic mass is 9.98. The SMILES string of the molecule is CSCc1ccc(C(=O)NC2(C(=O)O)CCCC2)o1. The van der Waals surface area contributed by atoms with Gasteiger partial charge < -0.3 is 14.8 Å². The predicted molar refractivity (Wildman–Crippen MR) is 72.2 cm³/mol. The van der Waals surface area contributed by atoms with E-state index in [9.17, 15) is 14.7 Å². The fourth-order valence-corrected chi connectivity index (χ4v) is 2.81. The van der Waals surface area contributed by atoms with E-state index < -0.39 is 17.4 Å². The van der Waals surface area contributed by atoms with Gasteiger partial charge in [0.2, 0.25) is 0 Å². The van der Waals surface area contributed by atoms with Crippen LogP contribution >= 0.6 is 11.8 Å². The van der Waals surface area contributed by atoms with Crippen LogP contribution in [0.1, 0.15) is 42.0 Å². The Balaban J connectivity index is 2.08. The first-order valence-corrected chi connectivity index (χ1v) is 7.60. The van der Waals surface area contributed by atoms with Crippen molar-refractivity contribution < 1.29 is 19.1 Å². The fraction of sp³-hybridized carbons (Fsp3) is 0.538. The molecule has 0 saturated heterocycles. The third kappa shape index (κ3) is 2.94. The molecule has 0 spiro atoms. The van der Waals surface area contributed by atoms with Gasteiger partial charge in [-0.15, -0.1) is 0 Å². The molecule has 1 heterocycles. The number of amides is 1. The number of hydrogen-bond acceptors (Lipinski definition) is 4. The van der Waals surface area contributed by atoms with Crippen LogP contribution in [0.5, 0.6) is 0 Å². The standard InChI is InChI=1S/C13H17NO4S/c1-19-8-9-4-5-10(18-9)11(15)14-13(12(16)17)6-2-3-7-13/h4-5H,2-3,6-8H2,1H3,(H,14,15)(H,16,17). The van der Waals surface area contributed by atoms with E-state index in [0.29, 0.717) is 24.4 Å². The first-order valence-electron chi connectivity index (χ1n) is 6.21. The van der Waals surface area contributed by atoms with Crippen LogP contribution < -0.4 is 5.32 Å². The number of carbonyl (C=O) groups is 2. The second kappa shape index (κ2) is 5.69. The molecule has 0 aliphatic heterocycles. The largest absolute Gasteiger partial charge is 0.480 e. The summed E-state index contributed by atoms with van der Waals surface area (Å²) in [4.78, 5) is 23.4. The molecule has 1 fully saturated rings. The molecule has 2 N–H and O–H groups in total. The van der Waals surface area contributed by atoms with Crippen molar-refractivity contribution in [2.45, 2.75) is 37.0 Å². The van der Waals surface area contributed by atoms with E-state index in [-0.39, 0.29) is 5.76 Å². The van der Waals surface area contributed by atoms with Crippen LogP contribution in [0.3, 0.4) is 0 Å². The van der Waals surface area contributed by atoms with E-state index in [1.807, 2.05) is 6.26 Å². The number of carboxylic acids is 1. The van der Waals surface area contributed by atoms with Crippen LogP contribution in [0.4, 0.5) is 0 Å². The Bertz CT molecular complexity index is 477. The van der Waals surface area contributed by atoms with E-state index >= 15 is 0 Å². The first kappa shape index (κ1) is 14.0. The summed E-state index contributed by atoms with van der Waals surface area (Å²) in [6, 6.07) is 3.33. The molecular weight excluding hydrogens is 266 g/mol. The molecule has 1 saturated carbocycles. The fourth-order valence-electron chi connectivity index (χ4n) is 2.37. The zero-order valence-corrected chi connectivity index (χ0v) is 11.6. The highest BCUT2D eigenvalue weighted by molar-refractivity contribution is 7.97. The number of thioether (sulfide) groups is 1. The number of carboxylic acid groups (broad SMARTS) is 1. The number of aliphatic carboxylic acids is 1. The van der Waals surface area contributed by atoms with Crippen molar-refractivity contribution in [2.24, 2.45) is 0 Å². The van der Waals surface area contributed by atoms with Crippen molar-refractivity contribution in [3.8, 4) is 0 Å². The maximum absolute atomic E-state index is 12.1. The van der Waals surface area contributed by atoms with Crippen molar-refractivity contribution in [3.05, 3.63) is 23.7 Å². The number of carbonyl (C=O) groups excluding carboxylic acids is 1. The van der Waals surface area contributed by atoms with E-state index in [1.54, 1.807) is 23.9 Å². The van der Waals surface area contributed by atoms with Crippen molar-refractivity contribution in [1.82, 2.24) is 5.32 Å². The van der Waals surface area contributed by atoms with Gasteiger partial charge in [-0.1, -0.05) is 12.8 Å². The molecule has 0 atom stereocenters. The molecule has 0 aromatic carbocycles. The number of hydrogen-bond donors (Lipinski definition) is 2. The van der Waals surface area contributed by atoms with Gasteiger partial charge in [-0.2, -0.15) is 11.8 Å². The summed E-state index contributed by atoms with van der Waals surface area (Å²) in [6.07, 6.45) is 4.55. The summed E-state index contributed by atoms with van der Waals surface area (Å²) in [5.74, 6) is 0.174. The molecule has 1 aliphatic rings. The van der Waals surface area contributed by atoms with Gasteiger partial charge in [0.05, 0.1) is 5.75 Å². The molecule has 0 bridgehead atoms. The Kier molecular flexibility index (Phi) is 4.19. The van der Waals surface area contributed by atoms with Crippen LogP contribution in [0, 0.1) is 0 Å². The molecule has 6 heteroatoms. The Hall–Kier alpha value is -1.43. The minimum absolute atomic E-state index is 0.177. The van der Waals surface area contributed by atoms with Gasteiger partial charge in [-0.3, -0.25) is 4.79 Å². The second-order valence-corrected chi connectivity index (χ2v) is 5.61. The highest BCUT2D eigenvalue weighted by atomic mass is 32.2. The summed E-state index contributed by atoms with van der Waals surface area (Å²) in [7, 11) is 0. The van der Waals surface area contributed by atoms with Crippen molar-refractivity contribution >= 4 is 23.6 Å². The van der Waals surface area contributed by atoms with Gasteiger partial charge in [-0.05, 0) is 31.2 Å². The van der Waals surface area contributed by atoms with Gasteiger partial charge in [0.15, 0.2) is 5.76 Å². The summed E-state index contributed by atoms with van der Waals surface area (Å²) < 4.78 is 5.40. The minimum atomic E-state index is -1.12. The summed E-state index contributed by atoms with van der Waals surface area (Å²) in [6.45, 7) is 0. The highest BCUT2D eigenvalue weighted by Gasteiger charge is 2.43. The zero-order valence-electron chi connectivity index (χ0n) is 10.8. The third-order valence-electron chi connectivity index (χ3n) is 3.39. The molecule has 5 nitrogen and oxygen atoms in total. The summed E-state index contributed by atoms with van der Waals surface area (Å²) in [5.41, 5.74) is -1.12. The molecule has 1 amide bonds. The minimum Gasteiger partial charge on any atom is -0.480 e. The van der Waals surface area contributed by atoms with Crippen molar-refractivity contribution in [3.63, 3.8) is 0 Å². The van der Waals surface area contributed by atoms with E-state index in [0.717, 1.165) is 12.8 Å².